The van der Waals surface area contributed by atoms with Gasteiger partial charge in [-0.2, -0.15) is 0 Å². The minimum Gasteiger partial charge on any atom is -0.492 e. The lowest BCUT2D eigenvalue weighted by Crippen LogP contribution is -2.24. The van der Waals surface area contributed by atoms with Crippen molar-refractivity contribution < 1.29 is 14.4 Å². The molecule has 0 aliphatic rings. The highest BCUT2D eigenvalue weighted by Gasteiger charge is 2.21. The maximum absolute atomic E-state index is 12.9. The first-order valence-electron chi connectivity index (χ1n) is 8.56. The highest BCUT2D eigenvalue weighted by Crippen LogP contribution is 2.34. The molecule has 0 radical (unpaired) electrons. The van der Waals surface area contributed by atoms with Gasteiger partial charge in [-0.3, -0.25) is 14.9 Å². The zero-order valence-corrected chi connectivity index (χ0v) is 14.9. The minimum atomic E-state index is -0.466. The van der Waals surface area contributed by atoms with Gasteiger partial charge in [0.05, 0.1) is 24.2 Å². The molecule has 0 saturated carbocycles. The Labute approximate surface area is 146 Å². The molecular formula is C18H24N2O5. The number of rotatable bonds is 9. The molecular weight excluding hydrogens is 324 g/mol. The molecule has 0 spiro atoms. The van der Waals surface area contributed by atoms with E-state index in [1.165, 1.54) is 19.2 Å². The summed E-state index contributed by atoms with van der Waals surface area (Å²) >= 11 is 0. The number of fused-ring (bicyclic) bond motifs is 1. The Morgan fingerprint density at radius 2 is 1.88 bits per heavy atom. The summed E-state index contributed by atoms with van der Waals surface area (Å²) in [5.41, 5.74) is 0.126. The van der Waals surface area contributed by atoms with E-state index in [0.29, 0.717) is 29.8 Å². The van der Waals surface area contributed by atoms with E-state index in [9.17, 15) is 14.9 Å². The van der Waals surface area contributed by atoms with Crippen molar-refractivity contribution in [3.8, 4) is 11.5 Å². The molecule has 0 bridgehead atoms. The predicted octanol–water partition coefficient (Wildman–Crippen LogP) is 3.90. The van der Waals surface area contributed by atoms with Crippen LogP contribution in [0.4, 0.5) is 5.69 Å². The van der Waals surface area contributed by atoms with Crippen molar-refractivity contribution >= 4 is 16.6 Å². The number of nitro benzene ring substituents is 1. The standard InChI is InChI=1S/C18H24N2O5/c1-4-6-10-19-15-12-13(20(22)23)8-9-14(15)16(24-3)17(18(19)21)25-11-7-5-2/h8-9,12H,4-7,10-11H2,1-3H3. The average molecular weight is 348 g/mol. The number of hydrogen-bond donors (Lipinski definition) is 0. The predicted molar refractivity (Wildman–Crippen MR) is 96.7 cm³/mol. The molecule has 1 aromatic carbocycles. The van der Waals surface area contributed by atoms with Crippen LogP contribution in [0.25, 0.3) is 10.9 Å². The van der Waals surface area contributed by atoms with Crippen molar-refractivity contribution in [3.63, 3.8) is 0 Å². The number of non-ortho nitro benzene ring substituents is 1. The van der Waals surface area contributed by atoms with Crippen LogP contribution in [0.15, 0.2) is 23.0 Å². The Balaban J connectivity index is 2.72. The van der Waals surface area contributed by atoms with Crippen LogP contribution in [-0.4, -0.2) is 23.2 Å². The molecule has 1 heterocycles. The number of unbranched alkanes of at least 4 members (excludes halogenated alkanes) is 2. The van der Waals surface area contributed by atoms with E-state index in [4.69, 9.17) is 9.47 Å². The number of methoxy groups -OCH3 is 1. The summed E-state index contributed by atoms with van der Waals surface area (Å²) in [7, 11) is 1.47. The Bertz CT molecular complexity index is 813. The van der Waals surface area contributed by atoms with Crippen molar-refractivity contribution in [3.05, 3.63) is 38.7 Å². The number of hydrogen-bond acceptors (Lipinski definition) is 5. The third-order valence-corrected chi connectivity index (χ3v) is 4.06. The Kier molecular flexibility index (Phi) is 6.38. The van der Waals surface area contributed by atoms with Crippen LogP contribution in [0, 0.1) is 10.1 Å². The highest BCUT2D eigenvalue weighted by molar-refractivity contribution is 5.89. The number of aryl methyl sites for hydroxylation is 1. The van der Waals surface area contributed by atoms with E-state index >= 15 is 0 Å². The van der Waals surface area contributed by atoms with E-state index in [-0.39, 0.29) is 17.0 Å². The van der Waals surface area contributed by atoms with Crippen molar-refractivity contribution in [2.75, 3.05) is 13.7 Å². The van der Waals surface area contributed by atoms with Gasteiger partial charge in [0.25, 0.3) is 11.2 Å². The van der Waals surface area contributed by atoms with Crippen LogP contribution in [0.1, 0.15) is 39.5 Å². The highest BCUT2D eigenvalue weighted by atomic mass is 16.6. The number of nitrogens with zero attached hydrogens (tertiary/aromatic N) is 2. The van der Waals surface area contributed by atoms with Gasteiger partial charge in [0.1, 0.15) is 0 Å². The number of pyridine rings is 1. The number of aromatic nitrogens is 1. The van der Waals surface area contributed by atoms with Crippen LogP contribution < -0.4 is 15.0 Å². The van der Waals surface area contributed by atoms with E-state index in [0.717, 1.165) is 25.7 Å². The molecule has 0 N–H and O–H groups in total. The van der Waals surface area contributed by atoms with E-state index < -0.39 is 4.92 Å². The van der Waals surface area contributed by atoms with Crippen molar-refractivity contribution in [2.45, 2.75) is 46.1 Å². The second kappa shape index (κ2) is 8.50. The van der Waals surface area contributed by atoms with E-state index in [1.54, 1.807) is 10.6 Å². The first-order chi connectivity index (χ1) is 12.0. The number of nitro groups is 1. The van der Waals surface area contributed by atoms with Gasteiger partial charge in [0.2, 0.25) is 5.75 Å². The molecule has 2 rings (SSSR count). The molecule has 25 heavy (non-hydrogen) atoms. The third-order valence-electron chi connectivity index (χ3n) is 4.06. The Morgan fingerprint density at radius 1 is 1.16 bits per heavy atom. The quantitative estimate of drug-likeness (QED) is 0.390. The summed E-state index contributed by atoms with van der Waals surface area (Å²) in [6.45, 7) is 4.97. The molecule has 7 heteroatoms. The molecule has 2 aromatic rings. The maximum Gasteiger partial charge on any atom is 0.297 e. The zero-order valence-electron chi connectivity index (χ0n) is 14.9. The lowest BCUT2D eigenvalue weighted by molar-refractivity contribution is -0.384. The van der Waals surface area contributed by atoms with Crippen molar-refractivity contribution in [1.29, 1.82) is 0 Å². The largest absolute Gasteiger partial charge is 0.492 e. The molecule has 1 aromatic heterocycles. The van der Waals surface area contributed by atoms with Crippen LogP contribution in [0.2, 0.25) is 0 Å². The fourth-order valence-corrected chi connectivity index (χ4v) is 2.69. The summed E-state index contributed by atoms with van der Waals surface area (Å²) in [6.07, 6.45) is 3.47. The lowest BCUT2D eigenvalue weighted by Gasteiger charge is -2.17. The Morgan fingerprint density at radius 3 is 2.48 bits per heavy atom. The number of benzene rings is 1. The van der Waals surface area contributed by atoms with E-state index in [1.807, 2.05) is 13.8 Å². The van der Waals surface area contributed by atoms with Gasteiger partial charge in [-0.25, -0.2) is 0 Å². The molecule has 136 valence electrons. The normalized spacial score (nSPS) is 10.8. The first-order valence-corrected chi connectivity index (χ1v) is 8.56. The summed E-state index contributed by atoms with van der Waals surface area (Å²) in [6, 6.07) is 4.45. The van der Waals surface area contributed by atoms with Gasteiger partial charge in [0.15, 0.2) is 5.75 Å². The molecule has 7 nitrogen and oxygen atoms in total. The van der Waals surface area contributed by atoms with Crippen LogP contribution in [-0.2, 0) is 6.54 Å². The fourth-order valence-electron chi connectivity index (χ4n) is 2.69. The molecule has 0 saturated heterocycles. The van der Waals surface area contributed by atoms with Crippen LogP contribution >= 0.6 is 0 Å². The summed E-state index contributed by atoms with van der Waals surface area (Å²) in [5, 5.41) is 11.7. The summed E-state index contributed by atoms with van der Waals surface area (Å²) in [4.78, 5) is 23.6. The average Bonchev–Trinajstić information content (AvgIpc) is 2.61. The van der Waals surface area contributed by atoms with Gasteiger partial charge < -0.3 is 14.0 Å². The smallest absolute Gasteiger partial charge is 0.297 e. The van der Waals surface area contributed by atoms with Crippen molar-refractivity contribution in [1.82, 2.24) is 4.57 Å². The molecule has 0 unspecified atom stereocenters. The SMILES string of the molecule is CCCCOc1c(OC)c2ccc([N+](=O)[O-])cc2n(CCCC)c1=O. The van der Waals surface area contributed by atoms with Gasteiger partial charge in [-0.05, 0) is 18.9 Å². The first kappa shape index (κ1) is 18.8. The van der Waals surface area contributed by atoms with Crippen molar-refractivity contribution in [2.24, 2.45) is 0 Å². The molecule has 0 aliphatic heterocycles. The Hall–Kier alpha value is -2.57. The monoisotopic (exact) mass is 348 g/mol. The second-order valence-electron chi connectivity index (χ2n) is 5.83. The zero-order chi connectivity index (χ0) is 18.4. The lowest BCUT2D eigenvalue weighted by atomic mass is 10.1. The molecule has 0 amide bonds. The molecule has 0 aliphatic carbocycles. The molecule has 0 fully saturated rings. The third kappa shape index (κ3) is 3.92. The van der Waals surface area contributed by atoms with Gasteiger partial charge in [-0.15, -0.1) is 0 Å². The fraction of sp³-hybridized carbons (Fsp3) is 0.500. The minimum absolute atomic E-state index is 0.0566. The van der Waals surface area contributed by atoms with Gasteiger partial charge in [0, 0.05) is 24.1 Å². The number of ether oxygens (including phenoxy) is 2. The van der Waals surface area contributed by atoms with Crippen LogP contribution in [0.5, 0.6) is 11.5 Å². The van der Waals surface area contributed by atoms with Crippen LogP contribution in [0.3, 0.4) is 0 Å². The second-order valence-corrected chi connectivity index (χ2v) is 5.83. The van der Waals surface area contributed by atoms with E-state index in [2.05, 4.69) is 0 Å². The summed E-state index contributed by atoms with van der Waals surface area (Å²) in [5.74, 6) is 0.507. The topological polar surface area (TPSA) is 83.6 Å². The van der Waals surface area contributed by atoms with Gasteiger partial charge in [-0.1, -0.05) is 26.7 Å². The van der Waals surface area contributed by atoms with Gasteiger partial charge >= 0.3 is 0 Å². The maximum atomic E-state index is 12.9. The summed E-state index contributed by atoms with van der Waals surface area (Å²) < 4.78 is 12.7. The molecule has 0 atom stereocenters.